The van der Waals surface area contributed by atoms with Crippen LogP contribution < -0.4 is 20.1 Å². The molecule has 186 valence electrons. The summed E-state index contributed by atoms with van der Waals surface area (Å²) in [7, 11) is 5.27. The quantitative estimate of drug-likeness (QED) is 0.453. The summed E-state index contributed by atoms with van der Waals surface area (Å²) in [6, 6.07) is 5.51. The molecule has 0 spiro atoms. The molecule has 2 aromatic heterocycles. The van der Waals surface area contributed by atoms with Gasteiger partial charge < -0.3 is 29.8 Å². The van der Waals surface area contributed by atoms with Gasteiger partial charge in [0.05, 0.1) is 30.7 Å². The molecule has 1 aliphatic rings. The predicted molar refractivity (Wildman–Crippen MR) is 120 cm³/mol. The Morgan fingerprint density at radius 3 is 2.56 bits per heavy atom. The molecule has 2 heterocycles. The van der Waals surface area contributed by atoms with Crippen molar-refractivity contribution in [1.82, 2.24) is 24.6 Å². The van der Waals surface area contributed by atoms with Crippen LogP contribution in [-0.2, 0) is 14.1 Å². The first-order valence-electron chi connectivity index (χ1n) is 11.1. The Labute approximate surface area is 194 Å². The highest BCUT2D eigenvalue weighted by molar-refractivity contribution is 5.91. The molecule has 1 aliphatic carbocycles. The first kappa shape index (κ1) is 24.1. The van der Waals surface area contributed by atoms with Crippen molar-refractivity contribution < 1.29 is 27.8 Å². The number of aliphatic hydroxyl groups is 1. The lowest BCUT2D eigenvalue weighted by molar-refractivity contribution is -0.202. The van der Waals surface area contributed by atoms with E-state index in [2.05, 4.69) is 20.7 Å². The molecule has 34 heavy (non-hydrogen) atoms. The monoisotopic (exact) mass is 482 g/mol. The summed E-state index contributed by atoms with van der Waals surface area (Å²) in [5.41, 5.74) is 2.40. The van der Waals surface area contributed by atoms with E-state index in [-0.39, 0.29) is 12.1 Å². The normalized spacial score (nSPS) is 19.9. The van der Waals surface area contributed by atoms with Crippen LogP contribution in [0.15, 0.2) is 24.5 Å². The number of benzene rings is 1. The summed E-state index contributed by atoms with van der Waals surface area (Å²) in [5, 5.41) is 19.7. The minimum absolute atomic E-state index is 0.0564. The summed E-state index contributed by atoms with van der Waals surface area (Å²) in [6.45, 7) is -0.496. The molecule has 0 bridgehead atoms. The van der Waals surface area contributed by atoms with Crippen LogP contribution in [0.4, 0.5) is 24.7 Å². The van der Waals surface area contributed by atoms with E-state index in [1.54, 1.807) is 31.2 Å². The van der Waals surface area contributed by atoms with Crippen molar-refractivity contribution in [2.75, 3.05) is 19.0 Å². The number of aliphatic hydroxyl groups excluding tert-OH is 1. The fraction of sp³-hybridized carbons (Fsp3) is 0.545. The van der Waals surface area contributed by atoms with Crippen molar-refractivity contribution in [2.45, 2.75) is 50.1 Å². The second-order valence-electron chi connectivity index (χ2n) is 8.57. The molecule has 1 fully saturated rings. The molecule has 1 saturated carbocycles. The van der Waals surface area contributed by atoms with E-state index in [0.717, 1.165) is 16.7 Å². The summed E-state index contributed by atoms with van der Waals surface area (Å²) in [6.07, 6.45) is -2.55. The summed E-state index contributed by atoms with van der Waals surface area (Å²) in [5.74, 6) is 1.89. The van der Waals surface area contributed by atoms with E-state index in [0.29, 0.717) is 43.1 Å². The average Bonchev–Trinajstić information content (AvgIpc) is 3.34. The van der Waals surface area contributed by atoms with E-state index >= 15 is 0 Å². The molecule has 0 unspecified atom stereocenters. The molecule has 1 atom stereocenters. The summed E-state index contributed by atoms with van der Waals surface area (Å²) >= 11 is 0. The van der Waals surface area contributed by atoms with Crippen LogP contribution in [0, 0.1) is 0 Å². The Kier molecular flexibility index (Phi) is 6.89. The van der Waals surface area contributed by atoms with Crippen molar-refractivity contribution in [1.29, 1.82) is 0 Å². The molecule has 0 saturated heterocycles. The standard InChI is InChI=1S/C22H29F3N6O3/c1-30-12-27-21-16(28-19-10-20(33-3)31(2)29-19)8-15(9-17(21)30)34-14-6-4-13(5-7-14)26-11-18(32)22(23,24)25/h8-10,12-14,18,26,32H,4-7,11H2,1-3H3,(H,28,29)/t13?,14?,18-/m1/s1. The zero-order chi connectivity index (χ0) is 24.5. The number of halogens is 3. The van der Waals surface area contributed by atoms with E-state index in [1.165, 1.54) is 0 Å². The molecule has 12 heteroatoms. The van der Waals surface area contributed by atoms with Crippen molar-refractivity contribution in [2.24, 2.45) is 14.1 Å². The first-order valence-corrected chi connectivity index (χ1v) is 11.1. The second-order valence-corrected chi connectivity index (χ2v) is 8.57. The lowest BCUT2D eigenvalue weighted by Crippen LogP contribution is -2.44. The average molecular weight is 483 g/mol. The molecule has 1 aromatic carbocycles. The Hall–Kier alpha value is -2.99. The minimum Gasteiger partial charge on any atom is -0.490 e. The molecule has 3 aromatic rings. The van der Waals surface area contributed by atoms with E-state index in [9.17, 15) is 18.3 Å². The molecule has 9 nitrogen and oxygen atoms in total. The van der Waals surface area contributed by atoms with Gasteiger partial charge in [0.15, 0.2) is 11.9 Å². The Morgan fingerprint density at radius 1 is 1.18 bits per heavy atom. The lowest BCUT2D eigenvalue weighted by atomic mass is 9.93. The van der Waals surface area contributed by atoms with Crippen molar-refractivity contribution in [3.63, 3.8) is 0 Å². The third-order valence-corrected chi connectivity index (χ3v) is 6.07. The number of rotatable bonds is 8. The Bertz CT molecular complexity index is 1120. The topological polar surface area (TPSA) is 98.4 Å². The number of aromatic nitrogens is 4. The highest BCUT2D eigenvalue weighted by Crippen LogP contribution is 2.33. The number of alkyl halides is 3. The molecule has 0 amide bonds. The van der Waals surface area contributed by atoms with Gasteiger partial charge in [0.1, 0.15) is 11.3 Å². The predicted octanol–water partition coefficient (Wildman–Crippen LogP) is 3.26. The fourth-order valence-electron chi connectivity index (χ4n) is 4.18. The molecular formula is C22H29F3N6O3. The molecular weight excluding hydrogens is 453 g/mol. The van der Waals surface area contributed by atoms with E-state index in [4.69, 9.17) is 9.47 Å². The highest BCUT2D eigenvalue weighted by Gasteiger charge is 2.38. The maximum absolute atomic E-state index is 12.5. The third kappa shape index (κ3) is 5.39. The number of methoxy groups -OCH3 is 1. The highest BCUT2D eigenvalue weighted by atomic mass is 19.4. The number of anilines is 2. The number of nitrogens with zero attached hydrogens (tertiary/aromatic N) is 4. The van der Waals surface area contributed by atoms with Crippen molar-refractivity contribution in [3.05, 3.63) is 24.5 Å². The van der Waals surface area contributed by atoms with Gasteiger partial charge in [0.2, 0.25) is 5.88 Å². The van der Waals surface area contributed by atoms with Crippen LogP contribution in [0.3, 0.4) is 0 Å². The van der Waals surface area contributed by atoms with Gasteiger partial charge >= 0.3 is 6.18 Å². The lowest BCUT2D eigenvalue weighted by Gasteiger charge is -2.30. The SMILES string of the molecule is COc1cc(Nc2cc(OC3CCC(NC[C@@H](O)C(F)(F)F)CC3)cc3c2ncn3C)nn1C. The first-order chi connectivity index (χ1) is 16.1. The molecule has 4 rings (SSSR count). The third-order valence-electron chi connectivity index (χ3n) is 6.07. The molecule has 0 aliphatic heterocycles. The van der Waals surface area contributed by atoms with Gasteiger partial charge in [-0.05, 0) is 25.7 Å². The van der Waals surface area contributed by atoms with Crippen LogP contribution in [0.1, 0.15) is 25.7 Å². The number of nitrogens with one attached hydrogen (secondary N) is 2. The van der Waals surface area contributed by atoms with Gasteiger partial charge in [-0.15, -0.1) is 0 Å². The number of hydrogen-bond acceptors (Lipinski definition) is 7. The van der Waals surface area contributed by atoms with Crippen LogP contribution in [-0.4, -0.2) is 62.5 Å². The Morgan fingerprint density at radius 2 is 1.91 bits per heavy atom. The summed E-state index contributed by atoms with van der Waals surface area (Å²) < 4.78 is 52.6. The zero-order valence-corrected chi connectivity index (χ0v) is 19.3. The summed E-state index contributed by atoms with van der Waals surface area (Å²) in [4.78, 5) is 4.48. The molecule has 0 radical (unpaired) electrons. The van der Waals surface area contributed by atoms with Crippen LogP contribution in [0.25, 0.3) is 11.0 Å². The zero-order valence-electron chi connectivity index (χ0n) is 19.3. The van der Waals surface area contributed by atoms with Gasteiger partial charge in [-0.25, -0.2) is 9.67 Å². The number of aryl methyl sites for hydroxylation is 2. The maximum atomic E-state index is 12.5. The maximum Gasteiger partial charge on any atom is 0.415 e. The number of imidazole rings is 1. The van der Waals surface area contributed by atoms with Crippen LogP contribution >= 0.6 is 0 Å². The Balaban J connectivity index is 1.42. The van der Waals surface area contributed by atoms with Gasteiger partial charge in [-0.3, -0.25) is 0 Å². The van der Waals surface area contributed by atoms with Gasteiger partial charge in [-0.2, -0.15) is 18.3 Å². The van der Waals surface area contributed by atoms with Crippen molar-refractivity contribution in [3.8, 4) is 11.6 Å². The van der Waals surface area contributed by atoms with Crippen LogP contribution in [0.2, 0.25) is 0 Å². The fourth-order valence-corrected chi connectivity index (χ4v) is 4.18. The van der Waals surface area contributed by atoms with Gasteiger partial charge in [0.25, 0.3) is 0 Å². The van der Waals surface area contributed by atoms with Gasteiger partial charge in [0, 0.05) is 44.9 Å². The smallest absolute Gasteiger partial charge is 0.415 e. The molecule has 3 N–H and O–H groups in total. The second kappa shape index (κ2) is 9.71. The number of fused-ring (bicyclic) bond motifs is 1. The minimum atomic E-state index is -4.61. The van der Waals surface area contributed by atoms with Gasteiger partial charge in [-0.1, -0.05) is 0 Å². The van der Waals surface area contributed by atoms with E-state index in [1.807, 2.05) is 23.7 Å². The largest absolute Gasteiger partial charge is 0.490 e. The number of hydrogen-bond donors (Lipinski definition) is 3. The van der Waals surface area contributed by atoms with Crippen LogP contribution in [0.5, 0.6) is 11.6 Å². The van der Waals surface area contributed by atoms with E-state index < -0.39 is 18.8 Å². The number of ether oxygens (including phenoxy) is 2. The van der Waals surface area contributed by atoms with Crippen molar-refractivity contribution >= 4 is 22.5 Å².